The number of hydrogen-bond acceptors (Lipinski definition) is 7. The molecular weight excluding hydrogens is 392 g/mol. The maximum absolute atomic E-state index is 12.9. The van der Waals surface area contributed by atoms with Gasteiger partial charge in [-0.2, -0.15) is 0 Å². The summed E-state index contributed by atoms with van der Waals surface area (Å²) in [4.78, 5) is 36.9. The highest BCUT2D eigenvalue weighted by Gasteiger charge is 2.32. The lowest BCUT2D eigenvalue weighted by molar-refractivity contribution is -0.0222. The Balaban J connectivity index is 1.66. The Morgan fingerprint density at radius 1 is 1.31 bits per heavy atom. The van der Waals surface area contributed by atoms with Crippen molar-refractivity contribution in [2.45, 2.75) is 6.10 Å². The Hall–Kier alpha value is -2.88. The number of amides is 2. The highest BCUT2D eigenvalue weighted by Crippen LogP contribution is 2.37. The van der Waals surface area contributed by atoms with Crippen molar-refractivity contribution >= 4 is 33.4 Å². The van der Waals surface area contributed by atoms with Gasteiger partial charge in [0, 0.05) is 42.6 Å². The lowest BCUT2D eigenvalue weighted by Gasteiger charge is -2.33. The molecule has 8 nitrogen and oxygen atoms in total. The molecule has 1 fully saturated rings. The predicted octanol–water partition coefficient (Wildman–Crippen LogP) is 1.63. The van der Waals surface area contributed by atoms with Gasteiger partial charge in [0.2, 0.25) is 0 Å². The number of fused-ring (bicyclic) bond motifs is 1. The molecule has 1 aliphatic rings. The van der Waals surface area contributed by atoms with Crippen molar-refractivity contribution in [1.29, 1.82) is 0 Å². The minimum absolute atomic E-state index is 0.115. The van der Waals surface area contributed by atoms with Gasteiger partial charge in [-0.05, 0) is 18.2 Å². The molecule has 9 heteroatoms. The quantitative estimate of drug-likeness (QED) is 0.660. The smallest absolute Gasteiger partial charge is 0.261 e. The van der Waals surface area contributed by atoms with Crippen molar-refractivity contribution < 1.29 is 19.4 Å². The maximum atomic E-state index is 12.9. The number of aliphatic hydroxyl groups is 1. The minimum atomic E-state index is -0.447. The molecule has 0 unspecified atom stereocenters. The highest BCUT2D eigenvalue weighted by molar-refractivity contribution is 7.20. The molecule has 1 atom stereocenters. The van der Waals surface area contributed by atoms with Gasteiger partial charge in [-0.3, -0.25) is 14.6 Å². The first-order valence-electron chi connectivity index (χ1n) is 9.26. The number of carbonyl (C=O) groups excluding carboxylic acids is 2. The van der Waals surface area contributed by atoms with E-state index in [9.17, 15) is 9.59 Å². The molecule has 0 aromatic carbocycles. The number of thiophene rings is 1. The van der Waals surface area contributed by atoms with E-state index < -0.39 is 6.10 Å². The molecule has 2 amide bonds. The van der Waals surface area contributed by atoms with Crippen LogP contribution in [0.2, 0.25) is 0 Å². The molecule has 4 heterocycles. The summed E-state index contributed by atoms with van der Waals surface area (Å²) in [6.45, 7) is 1.19. The molecule has 0 spiro atoms. The summed E-state index contributed by atoms with van der Waals surface area (Å²) in [6.07, 6.45) is 4.40. The molecule has 2 N–H and O–H groups in total. The number of carbonyl (C=O) groups is 2. The second-order valence-corrected chi connectivity index (χ2v) is 7.53. The first-order chi connectivity index (χ1) is 14.2. The van der Waals surface area contributed by atoms with Crippen LogP contribution in [0.15, 0.2) is 42.9 Å². The van der Waals surface area contributed by atoms with Gasteiger partial charge < -0.3 is 20.1 Å². The van der Waals surface area contributed by atoms with E-state index in [-0.39, 0.29) is 25.0 Å². The number of morpholine rings is 1. The molecule has 3 aromatic heterocycles. The largest absolute Gasteiger partial charge is 0.395 e. The summed E-state index contributed by atoms with van der Waals surface area (Å²) in [6, 6.07) is 7.18. The molecule has 0 aliphatic carbocycles. The van der Waals surface area contributed by atoms with Crippen LogP contribution in [0.1, 0.15) is 31.7 Å². The van der Waals surface area contributed by atoms with E-state index in [2.05, 4.69) is 15.3 Å². The van der Waals surface area contributed by atoms with Crippen LogP contribution in [0.3, 0.4) is 0 Å². The number of pyridine rings is 2. The van der Waals surface area contributed by atoms with Gasteiger partial charge in [0.05, 0.1) is 25.3 Å². The van der Waals surface area contributed by atoms with E-state index in [1.807, 2.05) is 12.1 Å². The number of rotatable bonds is 5. The minimum Gasteiger partial charge on any atom is -0.395 e. The van der Waals surface area contributed by atoms with Crippen molar-refractivity contribution in [2.24, 2.45) is 0 Å². The predicted molar refractivity (Wildman–Crippen MR) is 108 cm³/mol. The third kappa shape index (κ3) is 3.98. The number of nitrogens with zero attached hydrogens (tertiary/aromatic N) is 3. The van der Waals surface area contributed by atoms with Crippen molar-refractivity contribution in [3.8, 4) is 0 Å². The van der Waals surface area contributed by atoms with Gasteiger partial charge in [-0.15, -0.1) is 11.3 Å². The number of aliphatic hydroxyl groups excluding tert-OH is 1. The molecule has 150 valence electrons. The van der Waals surface area contributed by atoms with Crippen LogP contribution in [-0.4, -0.2) is 64.6 Å². The Morgan fingerprint density at radius 3 is 2.97 bits per heavy atom. The molecule has 0 saturated carbocycles. The van der Waals surface area contributed by atoms with E-state index >= 15 is 0 Å². The fraction of sp³-hybridized carbons (Fsp3) is 0.300. The van der Waals surface area contributed by atoms with Crippen LogP contribution in [-0.2, 0) is 4.74 Å². The van der Waals surface area contributed by atoms with E-state index in [1.165, 1.54) is 11.3 Å². The van der Waals surface area contributed by atoms with Gasteiger partial charge in [0.1, 0.15) is 15.8 Å². The summed E-state index contributed by atoms with van der Waals surface area (Å²) in [5.41, 5.74) is 1.25. The average Bonchev–Trinajstić information content (AvgIpc) is 3.17. The van der Waals surface area contributed by atoms with Crippen LogP contribution in [0.25, 0.3) is 10.2 Å². The van der Waals surface area contributed by atoms with Gasteiger partial charge in [-0.1, -0.05) is 6.07 Å². The number of aromatic nitrogens is 2. The Bertz CT molecular complexity index is 1020. The number of nitrogens with one attached hydrogen (secondary N) is 1. The Labute approximate surface area is 171 Å². The molecule has 0 radical (unpaired) electrons. The zero-order valence-corrected chi connectivity index (χ0v) is 16.4. The van der Waals surface area contributed by atoms with Crippen LogP contribution >= 0.6 is 11.3 Å². The monoisotopic (exact) mass is 412 g/mol. The summed E-state index contributed by atoms with van der Waals surface area (Å²) in [5.74, 6) is -0.397. The van der Waals surface area contributed by atoms with Crippen molar-refractivity contribution in [3.63, 3.8) is 0 Å². The standard InChI is InChI=1S/C20H20N4O4S/c25-9-7-22-18(26)17-16(14-4-2-6-23-19(14)29-17)15-12-24(8-10-28-15)20(27)13-3-1-5-21-11-13/h1-6,11,15,25H,7-10,12H2,(H,22,26)/t15-/m0/s1. The molecule has 3 aromatic rings. The first-order valence-corrected chi connectivity index (χ1v) is 10.1. The summed E-state index contributed by atoms with van der Waals surface area (Å²) in [5, 5.41) is 12.6. The van der Waals surface area contributed by atoms with Crippen LogP contribution in [0, 0.1) is 0 Å². The van der Waals surface area contributed by atoms with E-state index in [1.54, 1.807) is 35.6 Å². The van der Waals surface area contributed by atoms with E-state index in [0.717, 1.165) is 15.8 Å². The zero-order valence-electron chi connectivity index (χ0n) is 15.6. The van der Waals surface area contributed by atoms with Gasteiger partial charge in [-0.25, -0.2) is 4.98 Å². The maximum Gasteiger partial charge on any atom is 0.261 e. The molecule has 1 saturated heterocycles. The fourth-order valence-electron chi connectivity index (χ4n) is 3.37. The lowest BCUT2D eigenvalue weighted by atomic mass is 10.0. The molecule has 4 rings (SSSR count). The summed E-state index contributed by atoms with van der Waals surface area (Å²) in [7, 11) is 0. The van der Waals surface area contributed by atoms with Crippen molar-refractivity contribution in [2.75, 3.05) is 32.8 Å². The fourth-order valence-corrected chi connectivity index (χ4v) is 4.48. The Kier molecular flexibility index (Phi) is 5.79. The second-order valence-electron chi connectivity index (χ2n) is 6.53. The molecular formula is C20H20N4O4S. The normalized spacial score (nSPS) is 16.7. The Morgan fingerprint density at radius 2 is 2.17 bits per heavy atom. The molecule has 0 bridgehead atoms. The first kappa shape index (κ1) is 19.4. The summed E-state index contributed by atoms with van der Waals surface area (Å²) < 4.78 is 5.98. The number of hydrogen-bond donors (Lipinski definition) is 2. The molecule has 1 aliphatic heterocycles. The van der Waals surface area contributed by atoms with Crippen molar-refractivity contribution in [3.05, 3.63) is 58.9 Å². The zero-order chi connectivity index (χ0) is 20.2. The van der Waals surface area contributed by atoms with Crippen molar-refractivity contribution in [1.82, 2.24) is 20.2 Å². The highest BCUT2D eigenvalue weighted by atomic mass is 32.1. The van der Waals surface area contributed by atoms with E-state index in [0.29, 0.717) is 30.1 Å². The second kappa shape index (κ2) is 8.64. The lowest BCUT2D eigenvalue weighted by Crippen LogP contribution is -2.42. The van der Waals surface area contributed by atoms with Gasteiger partial charge >= 0.3 is 0 Å². The van der Waals surface area contributed by atoms with Gasteiger partial charge in [0.15, 0.2) is 0 Å². The summed E-state index contributed by atoms with van der Waals surface area (Å²) >= 11 is 1.28. The van der Waals surface area contributed by atoms with E-state index in [4.69, 9.17) is 9.84 Å². The number of ether oxygens (including phenoxy) is 1. The third-order valence-corrected chi connectivity index (χ3v) is 5.82. The van der Waals surface area contributed by atoms with Crippen LogP contribution in [0.4, 0.5) is 0 Å². The van der Waals surface area contributed by atoms with Crippen LogP contribution in [0.5, 0.6) is 0 Å². The SMILES string of the molecule is O=C(NCCO)c1sc2ncccc2c1[C@@H]1CN(C(=O)c2cccnc2)CCO1. The van der Waals surface area contributed by atoms with Gasteiger partial charge in [0.25, 0.3) is 11.8 Å². The average molecular weight is 412 g/mol. The third-order valence-electron chi connectivity index (χ3n) is 4.69. The topological polar surface area (TPSA) is 105 Å². The molecule has 29 heavy (non-hydrogen) atoms. The van der Waals surface area contributed by atoms with Crippen LogP contribution < -0.4 is 5.32 Å².